The first-order chi connectivity index (χ1) is 9.74. The Kier molecular flexibility index (Phi) is 6.48. The van der Waals surface area contributed by atoms with E-state index in [1.165, 1.54) is 11.1 Å². The summed E-state index contributed by atoms with van der Waals surface area (Å²) in [4.78, 5) is 0. The third-order valence-corrected chi connectivity index (χ3v) is 2.33. The maximum absolute atomic E-state index is 8.49. The summed E-state index contributed by atoms with van der Waals surface area (Å²) in [5.41, 5.74) is 2.38. The van der Waals surface area contributed by atoms with Crippen LogP contribution in [0, 0.1) is 24.1 Å². The van der Waals surface area contributed by atoms with E-state index in [1.807, 2.05) is 44.2 Å². The molecule has 1 aromatic heterocycles. The van der Waals surface area contributed by atoms with Crippen molar-refractivity contribution in [3.05, 3.63) is 65.1 Å². The van der Waals surface area contributed by atoms with Crippen LogP contribution in [0.3, 0.4) is 0 Å². The average Bonchev–Trinajstić information content (AvgIpc) is 2.34. The Balaban J connectivity index is 0.000000383. The first kappa shape index (κ1) is 17.3. The molecule has 0 N–H and O–H groups in total. The highest BCUT2D eigenvalue weighted by molar-refractivity contribution is 5.69. The highest BCUT2D eigenvalue weighted by atomic mass is 35.7. The summed E-state index contributed by atoms with van der Waals surface area (Å²) in [5, 5.41) is 0. The first-order valence-electron chi connectivity index (χ1n) is 6.00. The lowest BCUT2D eigenvalue weighted by atomic mass is 10.1. The number of aryl methyl sites for hydroxylation is 2. The summed E-state index contributed by atoms with van der Waals surface area (Å²) in [6, 6.07) is 14.3. The fourth-order valence-corrected chi connectivity index (χ4v) is 1.68. The molecule has 0 fully saturated rings. The van der Waals surface area contributed by atoms with E-state index in [-0.39, 0.29) is 0 Å². The van der Waals surface area contributed by atoms with Gasteiger partial charge in [-0.15, -0.1) is 10.2 Å². The smallest absolute Gasteiger partial charge is 0.222 e. The van der Waals surface area contributed by atoms with Gasteiger partial charge in [0.15, 0.2) is 0 Å². The molecule has 112 valence electrons. The molecule has 0 aliphatic carbocycles. The number of hydrogen-bond acceptors (Lipinski definition) is 4. The van der Waals surface area contributed by atoms with Crippen LogP contribution in [0.5, 0.6) is 0 Å². The molecule has 0 saturated carbocycles. The Morgan fingerprint density at radius 3 is 1.71 bits per heavy atom. The van der Waals surface area contributed by atoms with E-state index in [4.69, 9.17) is 23.1 Å². The summed E-state index contributed by atoms with van der Waals surface area (Å²) in [5.74, 6) is 1.88. The van der Waals surface area contributed by atoms with Gasteiger partial charge in [0.2, 0.25) is 0 Å². The highest BCUT2D eigenvalue weighted by Crippen LogP contribution is 2.12. The Morgan fingerprint density at radius 2 is 1.24 bits per heavy atom. The second-order valence-corrected chi connectivity index (χ2v) is 4.99. The lowest BCUT2D eigenvalue weighted by Crippen LogP contribution is -2.68. The van der Waals surface area contributed by atoms with Gasteiger partial charge in [-0.05, 0) is 11.1 Å². The normalized spacial score (nSPS) is 11.1. The molecule has 1 heterocycles. The second kappa shape index (κ2) is 7.87. The van der Waals surface area contributed by atoms with Gasteiger partial charge in [-0.3, -0.25) is 0 Å². The number of hydrogen-bond donors (Lipinski definition) is 0. The minimum absolute atomic E-state index is 0.938. The lowest BCUT2D eigenvalue weighted by molar-refractivity contribution is -2.00. The number of rotatable bonds is 2. The maximum atomic E-state index is 8.49. The molecular formula is C15H15ClO5. The van der Waals surface area contributed by atoms with Crippen molar-refractivity contribution in [2.24, 2.45) is 0 Å². The van der Waals surface area contributed by atoms with E-state index >= 15 is 0 Å². The minimum atomic E-state index is -4.94. The molecule has 2 rings (SSSR count). The molecule has 0 spiro atoms. The molecule has 0 radical (unpaired) electrons. The summed E-state index contributed by atoms with van der Waals surface area (Å²) in [6.45, 7) is 3.93. The standard InChI is InChI=1S/C15H15O.ClHO4/c1-12-10-15(11-13(2)16-12)9-8-14-6-4-3-5-7-14;2-1(3,4)5/h3-11H,1-2H3;(H,2,3,4,5)/q+1;/p-1/b9-8+;. The predicted octanol–water partition coefficient (Wildman–Crippen LogP) is -0.408. The Bertz CT molecular complexity index is 565. The van der Waals surface area contributed by atoms with Gasteiger partial charge in [0, 0.05) is 12.1 Å². The molecule has 0 unspecified atom stereocenters. The maximum Gasteiger partial charge on any atom is 0.327 e. The number of halogens is 1. The van der Waals surface area contributed by atoms with Gasteiger partial charge in [-0.25, -0.2) is 23.1 Å². The molecule has 0 saturated heterocycles. The fourth-order valence-electron chi connectivity index (χ4n) is 1.68. The first-order valence-corrected chi connectivity index (χ1v) is 7.24. The lowest BCUT2D eigenvalue weighted by Gasteiger charge is -2.17. The van der Waals surface area contributed by atoms with Crippen molar-refractivity contribution in [3.63, 3.8) is 0 Å². The molecule has 0 bridgehead atoms. The third kappa shape index (κ3) is 8.91. The van der Waals surface area contributed by atoms with E-state index in [9.17, 15) is 0 Å². The van der Waals surface area contributed by atoms with Crippen molar-refractivity contribution < 1.29 is 33.3 Å². The third-order valence-electron chi connectivity index (χ3n) is 2.33. The molecule has 2 aromatic rings. The van der Waals surface area contributed by atoms with Crippen LogP contribution >= 0.6 is 0 Å². The van der Waals surface area contributed by atoms with Gasteiger partial charge in [0.05, 0.1) is 13.8 Å². The summed E-state index contributed by atoms with van der Waals surface area (Å²) in [6.07, 6.45) is 4.21. The fraction of sp³-hybridized carbons (Fsp3) is 0.133. The summed E-state index contributed by atoms with van der Waals surface area (Å²) >= 11 is 0. The zero-order valence-corrected chi connectivity index (χ0v) is 12.4. The quantitative estimate of drug-likeness (QED) is 0.702. The van der Waals surface area contributed by atoms with Gasteiger partial charge in [-0.1, -0.05) is 42.5 Å². The van der Waals surface area contributed by atoms with Crippen LogP contribution in [0.1, 0.15) is 22.6 Å². The molecule has 0 amide bonds. The van der Waals surface area contributed by atoms with E-state index in [0.29, 0.717) is 0 Å². The van der Waals surface area contributed by atoms with Crippen LogP contribution in [0.2, 0.25) is 0 Å². The molecule has 0 aliphatic heterocycles. The number of benzene rings is 1. The van der Waals surface area contributed by atoms with Crippen molar-refractivity contribution in [1.29, 1.82) is 0 Å². The Morgan fingerprint density at radius 1 is 0.810 bits per heavy atom. The molecule has 5 nitrogen and oxygen atoms in total. The van der Waals surface area contributed by atoms with Crippen LogP contribution in [0.25, 0.3) is 12.2 Å². The van der Waals surface area contributed by atoms with Crippen molar-refractivity contribution in [1.82, 2.24) is 0 Å². The van der Waals surface area contributed by atoms with E-state index in [0.717, 1.165) is 11.5 Å². The Hall–Kier alpha value is -1.76. The molecule has 1 aromatic carbocycles. The largest absolute Gasteiger partial charge is 0.327 e. The van der Waals surface area contributed by atoms with Crippen LogP contribution in [-0.2, 0) is 0 Å². The Labute approximate surface area is 125 Å². The van der Waals surface area contributed by atoms with Crippen molar-refractivity contribution in [2.45, 2.75) is 13.8 Å². The van der Waals surface area contributed by atoms with E-state index < -0.39 is 10.2 Å². The molecule has 0 aliphatic rings. The van der Waals surface area contributed by atoms with E-state index in [1.54, 1.807) is 0 Å². The monoisotopic (exact) mass is 310 g/mol. The molecular weight excluding hydrogens is 296 g/mol. The van der Waals surface area contributed by atoms with Gasteiger partial charge in [-0.2, -0.15) is 0 Å². The van der Waals surface area contributed by atoms with Gasteiger partial charge >= 0.3 is 11.5 Å². The van der Waals surface area contributed by atoms with Gasteiger partial charge in [0.1, 0.15) is 0 Å². The topological polar surface area (TPSA) is 104 Å². The minimum Gasteiger partial charge on any atom is -0.222 e. The van der Waals surface area contributed by atoms with Crippen molar-refractivity contribution >= 4 is 12.2 Å². The predicted molar refractivity (Wildman–Crippen MR) is 68.0 cm³/mol. The molecule has 0 atom stereocenters. The summed E-state index contributed by atoms with van der Waals surface area (Å²) in [7, 11) is -4.94. The van der Waals surface area contributed by atoms with Crippen LogP contribution in [-0.4, -0.2) is 0 Å². The zero-order valence-electron chi connectivity index (χ0n) is 11.6. The zero-order chi connectivity index (χ0) is 15.9. The highest BCUT2D eigenvalue weighted by Gasteiger charge is 2.05. The van der Waals surface area contributed by atoms with Crippen molar-refractivity contribution in [2.75, 3.05) is 0 Å². The SMILES string of the molecule is Cc1cc(/C=C/c2ccccc2)cc(C)[o+]1.[O-][Cl+3]([O-])([O-])[O-]. The average molecular weight is 311 g/mol. The van der Waals surface area contributed by atoms with Crippen LogP contribution in [0.4, 0.5) is 0 Å². The van der Waals surface area contributed by atoms with Crippen molar-refractivity contribution in [3.8, 4) is 0 Å². The van der Waals surface area contributed by atoms with E-state index in [2.05, 4.69) is 24.3 Å². The van der Waals surface area contributed by atoms with Gasteiger partial charge < -0.3 is 0 Å². The molecule has 6 heteroatoms. The van der Waals surface area contributed by atoms with Crippen LogP contribution in [0.15, 0.2) is 46.9 Å². The molecule has 21 heavy (non-hydrogen) atoms. The second-order valence-electron chi connectivity index (χ2n) is 4.23. The summed E-state index contributed by atoms with van der Waals surface area (Å²) < 4.78 is 39.4. The van der Waals surface area contributed by atoms with Gasteiger partial charge in [0.25, 0.3) is 0 Å². The van der Waals surface area contributed by atoms with Crippen LogP contribution < -0.4 is 18.6 Å².